The Morgan fingerprint density at radius 3 is 2.67 bits per heavy atom. The van der Waals surface area contributed by atoms with Crippen LogP contribution in [0.2, 0.25) is 0 Å². The Hall–Kier alpha value is -0.120. The summed E-state index contributed by atoms with van der Waals surface area (Å²) >= 11 is 0. The average Bonchev–Trinajstić information content (AvgIpc) is 2.16. The topological polar surface area (TPSA) is 41.5 Å². The van der Waals surface area contributed by atoms with Crippen molar-refractivity contribution in [3.05, 3.63) is 0 Å². The lowest BCUT2D eigenvalue weighted by Gasteiger charge is -2.27. The van der Waals surface area contributed by atoms with E-state index in [2.05, 4.69) is 12.2 Å². The number of rotatable bonds is 4. The molecule has 3 heteroatoms. The molecule has 2 N–H and O–H groups in total. The maximum absolute atomic E-state index is 8.96. The van der Waals surface area contributed by atoms with Crippen LogP contribution in [0.15, 0.2) is 0 Å². The highest BCUT2D eigenvalue weighted by Gasteiger charge is 2.16. The fraction of sp³-hybridized carbons (Fsp3) is 1.00. The second-order valence-corrected chi connectivity index (χ2v) is 3.34. The third-order valence-electron chi connectivity index (χ3n) is 2.41. The molecule has 0 aromatic heterocycles. The van der Waals surface area contributed by atoms with Gasteiger partial charge in [-0.2, -0.15) is 0 Å². The minimum atomic E-state index is 0.244. The summed E-state index contributed by atoms with van der Waals surface area (Å²) in [6.45, 7) is 4.06. The summed E-state index contributed by atoms with van der Waals surface area (Å²) in [5.74, 6) is 0. The van der Waals surface area contributed by atoms with Crippen LogP contribution < -0.4 is 5.32 Å². The number of nitrogens with one attached hydrogen (secondary N) is 1. The van der Waals surface area contributed by atoms with Gasteiger partial charge in [-0.25, -0.2) is 0 Å². The monoisotopic (exact) mass is 173 g/mol. The molecule has 3 nitrogen and oxygen atoms in total. The number of hydrogen-bond acceptors (Lipinski definition) is 3. The van der Waals surface area contributed by atoms with E-state index in [-0.39, 0.29) is 12.6 Å². The van der Waals surface area contributed by atoms with Crippen LogP contribution in [0.25, 0.3) is 0 Å². The second-order valence-electron chi connectivity index (χ2n) is 3.34. The molecule has 0 amide bonds. The predicted octanol–water partition coefficient (Wildman–Crippen LogP) is 0.526. The molecule has 0 radical (unpaired) electrons. The molecule has 1 fully saturated rings. The molecule has 1 aliphatic heterocycles. The van der Waals surface area contributed by atoms with E-state index in [1.165, 1.54) is 0 Å². The lowest BCUT2D eigenvalue weighted by Crippen LogP contribution is -2.43. The van der Waals surface area contributed by atoms with Gasteiger partial charge in [0.2, 0.25) is 0 Å². The van der Waals surface area contributed by atoms with Crippen LogP contribution in [-0.4, -0.2) is 37.0 Å². The van der Waals surface area contributed by atoms with Crippen molar-refractivity contribution in [2.45, 2.75) is 38.3 Å². The molecule has 1 atom stereocenters. The molecular formula is C9H19NO2. The van der Waals surface area contributed by atoms with E-state index in [1.807, 2.05) is 0 Å². The summed E-state index contributed by atoms with van der Waals surface area (Å²) in [5, 5.41) is 12.4. The van der Waals surface area contributed by atoms with Crippen LogP contribution in [-0.2, 0) is 4.74 Å². The molecule has 0 spiro atoms. The highest BCUT2D eigenvalue weighted by Crippen LogP contribution is 2.07. The van der Waals surface area contributed by atoms with Gasteiger partial charge in [0.1, 0.15) is 0 Å². The molecule has 12 heavy (non-hydrogen) atoms. The van der Waals surface area contributed by atoms with Crippen LogP contribution in [0, 0.1) is 0 Å². The molecule has 72 valence electrons. The Bertz CT molecular complexity index is 109. The Labute approximate surface area is 74.1 Å². The van der Waals surface area contributed by atoms with Crippen molar-refractivity contribution in [1.29, 1.82) is 0 Å². The Balaban J connectivity index is 2.18. The summed E-state index contributed by atoms with van der Waals surface area (Å²) in [7, 11) is 0. The van der Waals surface area contributed by atoms with Gasteiger partial charge < -0.3 is 15.2 Å². The van der Waals surface area contributed by atoms with Gasteiger partial charge in [0, 0.05) is 25.3 Å². The van der Waals surface area contributed by atoms with Crippen LogP contribution >= 0.6 is 0 Å². The first-order chi connectivity index (χ1) is 5.86. The van der Waals surface area contributed by atoms with E-state index >= 15 is 0 Å². The van der Waals surface area contributed by atoms with Gasteiger partial charge in [0.25, 0.3) is 0 Å². The summed E-state index contributed by atoms with van der Waals surface area (Å²) in [5.41, 5.74) is 0. The minimum absolute atomic E-state index is 0.244. The largest absolute Gasteiger partial charge is 0.395 e. The molecule has 1 saturated heterocycles. The smallest absolute Gasteiger partial charge is 0.0584 e. The van der Waals surface area contributed by atoms with Crippen LogP contribution in [0.3, 0.4) is 0 Å². The van der Waals surface area contributed by atoms with E-state index in [0.717, 1.165) is 32.5 Å². The van der Waals surface area contributed by atoms with Crippen LogP contribution in [0.4, 0.5) is 0 Å². The zero-order valence-electron chi connectivity index (χ0n) is 7.75. The lowest BCUT2D eigenvalue weighted by molar-refractivity contribution is 0.0713. The second kappa shape index (κ2) is 5.51. The number of ether oxygens (including phenoxy) is 1. The molecule has 0 saturated carbocycles. The molecule has 0 aliphatic carbocycles. The average molecular weight is 173 g/mol. The summed E-state index contributed by atoms with van der Waals surface area (Å²) < 4.78 is 5.25. The first-order valence-electron chi connectivity index (χ1n) is 4.81. The molecule has 1 heterocycles. The zero-order chi connectivity index (χ0) is 8.81. The van der Waals surface area contributed by atoms with Gasteiger partial charge in [-0.1, -0.05) is 6.92 Å². The van der Waals surface area contributed by atoms with Gasteiger partial charge >= 0.3 is 0 Å². The molecular weight excluding hydrogens is 154 g/mol. The van der Waals surface area contributed by atoms with Gasteiger partial charge in [0.05, 0.1) is 6.61 Å². The van der Waals surface area contributed by atoms with Crippen molar-refractivity contribution in [1.82, 2.24) is 5.32 Å². The van der Waals surface area contributed by atoms with Crippen molar-refractivity contribution in [3.8, 4) is 0 Å². The number of aliphatic hydroxyl groups excluding tert-OH is 1. The van der Waals surface area contributed by atoms with E-state index in [1.54, 1.807) is 0 Å². The summed E-state index contributed by atoms with van der Waals surface area (Å²) in [6.07, 6.45) is 3.15. The van der Waals surface area contributed by atoms with Crippen molar-refractivity contribution in [2.24, 2.45) is 0 Å². The maximum atomic E-state index is 8.96. The van der Waals surface area contributed by atoms with E-state index in [0.29, 0.717) is 6.04 Å². The van der Waals surface area contributed by atoms with E-state index in [9.17, 15) is 0 Å². The fourth-order valence-electron chi connectivity index (χ4n) is 1.50. The SMILES string of the molecule is CC[C@@H](CO)NC1CCOCC1. The maximum Gasteiger partial charge on any atom is 0.0584 e. The third kappa shape index (κ3) is 3.09. The first-order valence-corrected chi connectivity index (χ1v) is 4.81. The predicted molar refractivity (Wildman–Crippen MR) is 48.1 cm³/mol. The van der Waals surface area contributed by atoms with Gasteiger partial charge in [-0.15, -0.1) is 0 Å². The normalized spacial score (nSPS) is 22.5. The summed E-state index contributed by atoms with van der Waals surface area (Å²) in [6, 6.07) is 0.823. The van der Waals surface area contributed by atoms with Crippen molar-refractivity contribution < 1.29 is 9.84 Å². The van der Waals surface area contributed by atoms with Gasteiger partial charge in [-0.3, -0.25) is 0 Å². The van der Waals surface area contributed by atoms with Crippen LogP contribution in [0.5, 0.6) is 0 Å². The van der Waals surface area contributed by atoms with Gasteiger partial charge in [-0.05, 0) is 19.3 Å². The first kappa shape index (κ1) is 9.96. The van der Waals surface area contributed by atoms with Crippen molar-refractivity contribution in [2.75, 3.05) is 19.8 Å². The van der Waals surface area contributed by atoms with Crippen LogP contribution in [0.1, 0.15) is 26.2 Å². The third-order valence-corrected chi connectivity index (χ3v) is 2.41. The van der Waals surface area contributed by atoms with Crippen molar-refractivity contribution >= 4 is 0 Å². The molecule has 0 unspecified atom stereocenters. The highest BCUT2D eigenvalue weighted by molar-refractivity contribution is 4.74. The Morgan fingerprint density at radius 1 is 1.50 bits per heavy atom. The molecule has 0 aromatic carbocycles. The Kier molecular flexibility index (Phi) is 4.58. The zero-order valence-corrected chi connectivity index (χ0v) is 7.75. The van der Waals surface area contributed by atoms with Gasteiger partial charge in [0.15, 0.2) is 0 Å². The van der Waals surface area contributed by atoms with E-state index in [4.69, 9.17) is 9.84 Å². The Morgan fingerprint density at radius 2 is 2.17 bits per heavy atom. The van der Waals surface area contributed by atoms with E-state index < -0.39 is 0 Å². The standard InChI is InChI=1S/C9H19NO2/c1-2-8(7-11)10-9-3-5-12-6-4-9/h8-11H,2-7H2,1H3/t8-/m0/s1. The molecule has 0 bridgehead atoms. The number of hydrogen-bond donors (Lipinski definition) is 2. The number of aliphatic hydroxyl groups is 1. The quantitative estimate of drug-likeness (QED) is 0.651. The molecule has 1 rings (SSSR count). The van der Waals surface area contributed by atoms with Crippen molar-refractivity contribution in [3.63, 3.8) is 0 Å². The highest BCUT2D eigenvalue weighted by atomic mass is 16.5. The minimum Gasteiger partial charge on any atom is -0.395 e. The molecule has 1 aliphatic rings. The molecule has 0 aromatic rings. The fourth-order valence-corrected chi connectivity index (χ4v) is 1.50. The lowest BCUT2D eigenvalue weighted by atomic mass is 10.1. The summed E-state index contributed by atoms with van der Waals surface area (Å²) in [4.78, 5) is 0.